The summed E-state index contributed by atoms with van der Waals surface area (Å²) >= 11 is 3.22. The molecule has 0 aliphatic carbocycles. The second-order valence-corrected chi connectivity index (χ2v) is 4.93. The highest BCUT2D eigenvalue weighted by molar-refractivity contribution is 9.10. The molecule has 0 heterocycles. The number of halogens is 1. The van der Waals surface area contributed by atoms with Gasteiger partial charge in [-0.1, -0.05) is 0 Å². The molecule has 0 spiro atoms. The van der Waals surface area contributed by atoms with Gasteiger partial charge < -0.3 is 20.5 Å². The summed E-state index contributed by atoms with van der Waals surface area (Å²) in [4.78, 5) is 22.8. The number of nitriles is 1. The average Bonchev–Trinajstić information content (AvgIpc) is 2.45. The summed E-state index contributed by atoms with van der Waals surface area (Å²) in [5.74, 6) is -1.14. The van der Waals surface area contributed by atoms with E-state index in [9.17, 15) is 9.59 Å². The van der Waals surface area contributed by atoms with E-state index < -0.39 is 18.0 Å². The van der Waals surface area contributed by atoms with Crippen molar-refractivity contribution < 1.29 is 19.4 Å². The Morgan fingerprint density at radius 3 is 2.76 bits per heavy atom. The lowest BCUT2D eigenvalue weighted by Gasteiger charge is -2.15. The summed E-state index contributed by atoms with van der Waals surface area (Å²) in [6.07, 6.45) is 0.161. The van der Waals surface area contributed by atoms with Crippen LogP contribution in [0.25, 0.3) is 0 Å². The smallest absolute Gasteiger partial charge is 0.326 e. The summed E-state index contributed by atoms with van der Waals surface area (Å²) in [5.41, 5.74) is 0.874. The molecule has 0 radical (unpaired) electrons. The molecule has 3 N–H and O–H groups in total. The highest BCUT2D eigenvalue weighted by Gasteiger charge is 2.19. The zero-order valence-electron chi connectivity index (χ0n) is 11.2. The quantitative estimate of drug-likeness (QED) is 0.721. The normalized spacial score (nSPS) is 11.3. The number of nitrogens with one attached hydrogen (secondary N) is 2. The fraction of sp³-hybridized carbons (Fsp3) is 0.308. The molecule has 1 rings (SSSR count). The molecule has 21 heavy (non-hydrogen) atoms. The van der Waals surface area contributed by atoms with E-state index in [2.05, 4.69) is 26.6 Å². The van der Waals surface area contributed by atoms with Crippen molar-refractivity contribution in [2.45, 2.75) is 12.5 Å². The number of hydrogen-bond acceptors (Lipinski definition) is 4. The molecule has 2 amide bonds. The Bertz CT molecular complexity index is 571. The molecule has 1 unspecified atom stereocenters. The number of nitrogens with zero attached hydrogens (tertiary/aromatic N) is 1. The van der Waals surface area contributed by atoms with Gasteiger partial charge in [0, 0.05) is 24.6 Å². The van der Waals surface area contributed by atoms with Crippen LogP contribution < -0.4 is 10.6 Å². The summed E-state index contributed by atoms with van der Waals surface area (Å²) < 4.78 is 5.32. The Morgan fingerprint density at radius 2 is 2.24 bits per heavy atom. The third-order valence-corrected chi connectivity index (χ3v) is 3.22. The van der Waals surface area contributed by atoms with Crippen molar-refractivity contribution in [1.29, 1.82) is 5.26 Å². The van der Waals surface area contributed by atoms with Crippen LogP contribution in [0.2, 0.25) is 0 Å². The van der Waals surface area contributed by atoms with Crippen LogP contribution in [0.15, 0.2) is 22.7 Å². The van der Waals surface area contributed by atoms with E-state index in [0.29, 0.717) is 15.7 Å². The number of hydrogen-bond donors (Lipinski definition) is 3. The lowest BCUT2D eigenvalue weighted by Crippen LogP contribution is -2.43. The minimum absolute atomic E-state index is 0.161. The molecule has 7 nitrogen and oxygen atoms in total. The van der Waals surface area contributed by atoms with Gasteiger partial charge in [0.1, 0.15) is 6.04 Å². The van der Waals surface area contributed by atoms with E-state index in [-0.39, 0.29) is 13.0 Å². The van der Waals surface area contributed by atoms with Crippen molar-refractivity contribution in [2.75, 3.05) is 19.0 Å². The van der Waals surface area contributed by atoms with Crippen LogP contribution in [-0.2, 0) is 9.53 Å². The molecule has 8 heteroatoms. The van der Waals surface area contributed by atoms with Crippen molar-refractivity contribution in [3.8, 4) is 6.07 Å². The number of amides is 2. The Balaban J connectivity index is 2.68. The molecule has 1 aromatic carbocycles. The van der Waals surface area contributed by atoms with Gasteiger partial charge in [-0.05, 0) is 34.1 Å². The number of carboxylic acids is 1. The number of benzene rings is 1. The second kappa shape index (κ2) is 8.24. The van der Waals surface area contributed by atoms with Gasteiger partial charge in [0.2, 0.25) is 0 Å². The van der Waals surface area contributed by atoms with Crippen molar-refractivity contribution in [3.05, 3.63) is 28.2 Å². The Morgan fingerprint density at radius 1 is 1.52 bits per heavy atom. The number of urea groups is 1. The van der Waals surface area contributed by atoms with Gasteiger partial charge in [0.25, 0.3) is 0 Å². The first kappa shape index (κ1) is 16.9. The number of aliphatic carboxylic acids is 1. The highest BCUT2D eigenvalue weighted by Crippen LogP contribution is 2.23. The lowest BCUT2D eigenvalue weighted by molar-refractivity contribution is -0.139. The van der Waals surface area contributed by atoms with Gasteiger partial charge in [-0.25, -0.2) is 9.59 Å². The number of carboxylic acid groups (broad SMARTS) is 1. The van der Waals surface area contributed by atoms with Crippen molar-refractivity contribution >= 4 is 33.6 Å². The maximum absolute atomic E-state index is 11.8. The average molecular weight is 356 g/mol. The van der Waals surface area contributed by atoms with E-state index in [4.69, 9.17) is 15.1 Å². The van der Waals surface area contributed by atoms with Gasteiger partial charge in [-0.2, -0.15) is 5.26 Å². The van der Waals surface area contributed by atoms with Crippen molar-refractivity contribution in [2.24, 2.45) is 0 Å². The molecule has 1 aromatic rings. The second-order valence-electron chi connectivity index (χ2n) is 4.08. The molecule has 0 fully saturated rings. The van der Waals surface area contributed by atoms with Crippen molar-refractivity contribution in [3.63, 3.8) is 0 Å². The van der Waals surface area contributed by atoms with Gasteiger partial charge in [0.15, 0.2) is 0 Å². The maximum atomic E-state index is 11.8. The van der Waals surface area contributed by atoms with Gasteiger partial charge in [-0.3, -0.25) is 0 Å². The number of anilines is 1. The van der Waals surface area contributed by atoms with E-state index in [1.165, 1.54) is 7.11 Å². The molecule has 112 valence electrons. The van der Waals surface area contributed by atoms with Crippen molar-refractivity contribution in [1.82, 2.24) is 5.32 Å². The third-order valence-electron chi connectivity index (χ3n) is 2.56. The molecular weight excluding hydrogens is 342 g/mol. The first-order chi connectivity index (χ1) is 9.97. The molecular formula is C13H14BrN3O4. The van der Waals surface area contributed by atoms with Gasteiger partial charge >= 0.3 is 12.0 Å². The largest absolute Gasteiger partial charge is 0.480 e. The molecule has 1 atom stereocenters. The fourth-order valence-electron chi connectivity index (χ4n) is 1.50. The Hall–Kier alpha value is -2.11. The third kappa shape index (κ3) is 5.41. The Labute approximate surface area is 130 Å². The standard InChI is InChI=1S/C13H14BrN3O4/c1-21-5-4-11(12(18)19)17-13(20)16-10-3-2-8(7-15)6-9(10)14/h2-3,6,11H,4-5H2,1H3,(H,18,19)(H2,16,17,20). The number of carbonyl (C=O) groups is 2. The first-order valence-corrected chi connectivity index (χ1v) is 6.76. The number of ether oxygens (including phenoxy) is 1. The summed E-state index contributed by atoms with van der Waals surface area (Å²) in [7, 11) is 1.45. The van der Waals surface area contributed by atoms with Crippen LogP contribution in [0.5, 0.6) is 0 Å². The topological polar surface area (TPSA) is 111 Å². The van der Waals surface area contributed by atoms with E-state index in [1.54, 1.807) is 18.2 Å². The van der Waals surface area contributed by atoms with Gasteiger partial charge in [0.05, 0.1) is 17.3 Å². The molecule has 0 saturated carbocycles. The van der Waals surface area contributed by atoms with E-state index >= 15 is 0 Å². The monoisotopic (exact) mass is 355 g/mol. The zero-order chi connectivity index (χ0) is 15.8. The molecule has 0 saturated heterocycles. The molecule has 0 bridgehead atoms. The Kier molecular flexibility index (Phi) is 6.65. The molecule has 0 aromatic heterocycles. The minimum Gasteiger partial charge on any atom is -0.480 e. The SMILES string of the molecule is COCCC(NC(=O)Nc1ccc(C#N)cc1Br)C(=O)O. The summed E-state index contributed by atoms with van der Waals surface area (Å²) in [6.45, 7) is 0.220. The number of methoxy groups -OCH3 is 1. The van der Waals surface area contributed by atoms with Crippen LogP contribution in [0, 0.1) is 11.3 Å². The van der Waals surface area contributed by atoms with E-state index in [1.807, 2.05) is 6.07 Å². The van der Waals surface area contributed by atoms with Crippen LogP contribution in [0.3, 0.4) is 0 Å². The van der Waals surface area contributed by atoms with Gasteiger partial charge in [-0.15, -0.1) is 0 Å². The summed E-state index contributed by atoms with van der Waals surface area (Å²) in [6, 6.07) is 4.92. The van der Waals surface area contributed by atoms with Crippen LogP contribution in [-0.4, -0.2) is 36.9 Å². The predicted molar refractivity (Wildman–Crippen MR) is 78.9 cm³/mol. The predicted octanol–water partition coefficient (Wildman–Crippen LogP) is 1.93. The van der Waals surface area contributed by atoms with Crippen LogP contribution in [0.1, 0.15) is 12.0 Å². The molecule has 0 aliphatic heterocycles. The lowest BCUT2D eigenvalue weighted by atomic mass is 10.2. The number of rotatable bonds is 6. The minimum atomic E-state index is -1.14. The van der Waals surface area contributed by atoms with E-state index in [0.717, 1.165) is 0 Å². The zero-order valence-corrected chi connectivity index (χ0v) is 12.8. The number of carbonyl (C=O) groups excluding carboxylic acids is 1. The van der Waals surface area contributed by atoms with Crippen LogP contribution >= 0.6 is 15.9 Å². The fourth-order valence-corrected chi connectivity index (χ4v) is 1.97. The highest BCUT2D eigenvalue weighted by atomic mass is 79.9. The maximum Gasteiger partial charge on any atom is 0.326 e. The first-order valence-electron chi connectivity index (χ1n) is 5.96. The summed E-state index contributed by atoms with van der Waals surface area (Å²) in [5, 5.41) is 22.6. The van der Waals surface area contributed by atoms with Crippen LogP contribution in [0.4, 0.5) is 10.5 Å². The molecule has 0 aliphatic rings.